The Morgan fingerprint density at radius 2 is 1.75 bits per heavy atom. The third kappa shape index (κ3) is 8.51. The normalized spacial score (nSPS) is 11.2. The highest BCUT2D eigenvalue weighted by Crippen LogP contribution is 2.19. The molecule has 0 atom stereocenters. The summed E-state index contributed by atoms with van der Waals surface area (Å²) in [5, 5.41) is 0. The van der Waals surface area contributed by atoms with Crippen LogP contribution in [0.4, 0.5) is 0 Å². The summed E-state index contributed by atoms with van der Waals surface area (Å²) in [5.74, 6) is -0.323. The number of unbranched alkanes of at least 4 members (excludes halogenated alkanes) is 5. The number of hydrogen-bond acceptors (Lipinski definition) is 2. The van der Waals surface area contributed by atoms with Crippen LogP contribution in [0, 0.1) is 0 Å². The lowest BCUT2D eigenvalue weighted by molar-refractivity contribution is -0.150. The number of rotatable bonds is 9. The molecule has 0 heterocycles. The Hall–Kier alpha value is -0.790. The number of carbonyl (C=O) groups is 1. The molecule has 0 unspecified atom stereocenters. The average Bonchev–Trinajstić information content (AvgIpc) is 2.22. The van der Waals surface area contributed by atoms with Gasteiger partial charge >= 0.3 is 5.97 Å². The highest BCUT2D eigenvalue weighted by atomic mass is 16.6. The summed E-state index contributed by atoms with van der Waals surface area (Å²) >= 11 is 0. The Morgan fingerprint density at radius 1 is 1.19 bits per heavy atom. The van der Waals surface area contributed by atoms with Gasteiger partial charge in [0.25, 0.3) is 0 Å². The van der Waals surface area contributed by atoms with Gasteiger partial charge in [0.2, 0.25) is 0 Å². The molecule has 0 saturated heterocycles. The van der Waals surface area contributed by atoms with E-state index in [1.165, 1.54) is 38.2 Å². The van der Waals surface area contributed by atoms with Gasteiger partial charge in [-0.1, -0.05) is 45.6 Å². The maximum absolute atomic E-state index is 11.1. The zero-order chi connectivity index (χ0) is 12.4. The molecule has 0 aromatic carbocycles. The van der Waals surface area contributed by atoms with Crippen LogP contribution >= 0.6 is 0 Å². The molecular formula is C14H26O2. The van der Waals surface area contributed by atoms with Crippen molar-refractivity contribution in [2.24, 2.45) is 0 Å². The lowest BCUT2D eigenvalue weighted by Gasteiger charge is -2.24. The van der Waals surface area contributed by atoms with Crippen molar-refractivity contribution in [1.82, 2.24) is 0 Å². The minimum absolute atomic E-state index is 0.323. The second-order valence-corrected chi connectivity index (χ2v) is 4.90. The number of ether oxygens (including phenoxy) is 1. The predicted octanol–water partition coefficient (Wildman–Crippen LogP) is 4.24. The summed E-state index contributed by atoms with van der Waals surface area (Å²) in [7, 11) is 0. The Bertz CT molecular complexity index is 207. The molecule has 0 spiro atoms. The Morgan fingerprint density at radius 3 is 2.31 bits per heavy atom. The SMILES string of the molecule is C=CC(=O)OC(C)(C)CCCCCCCC. The van der Waals surface area contributed by atoms with Gasteiger partial charge in [0.1, 0.15) is 5.60 Å². The largest absolute Gasteiger partial charge is 0.457 e. The van der Waals surface area contributed by atoms with Gasteiger partial charge in [0.05, 0.1) is 0 Å². The summed E-state index contributed by atoms with van der Waals surface area (Å²) in [6.45, 7) is 9.54. The molecular weight excluding hydrogens is 200 g/mol. The van der Waals surface area contributed by atoms with E-state index in [0.29, 0.717) is 0 Å². The minimum atomic E-state index is -0.351. The van der Waals surface area contributed by atoms with Crippen LogP contribution in [0.5, 0.6) is 0 Å². The van der Waals surface area contributed by atoms with Crippen molar-refractivity contribution in [1.29, 1.82) is 0 Å². The number of hydrogen-bond donors (Lipinski definition) is 0. The molecule has 0 saturated carbocycles. The molecule has 16 heavy (non-hydrogen) atoms. The second kappa shape index (κ2) is 8.37. The highest BCUT2D eigenvalue weighted by Gasteiger charge is 2.20. The first-order valence-corrected chi connectivity index (χ1v) is 6.37. The van der Waals surface area contributed by atoms with Crippen molar-refractivity contribution in [3.8, 4) is 0 Å². The lowest BCUT2D eigenvalue weighted by Crippen LogP contribution is -2.27. The smallest absolute Gasteiger partial charge is 0.330 e. The first-order chi connectivity index (χ1) is 7.52. The zero-order valence-corrected chi connectivity index (χ0v) is 11.1. The fraction of sp³-hybridized carbons (Fsp3) is 0.786. The van der Waals surface area contributed by atoms with Crippen LogP contribution in [-0.2, 0) is 9.53 Å². The first kappa shape index (κ1) is 15.2. The number of carbonyl (C=O) groups excluding carboxylic acids is 1. The van der Waals surface area contributed by atoms with E-state index >= 15 is 0 Å². The van der Waals surface area contributed by atoms with Crippen LogP contribution < -0.4 is 0 Å². The van der Waals surface area contributed by atoms with Crippen LogP contribution in [0.1, 0.15) is 65.7 Å². The monoisotopic (exact) mass is 226 g/mol. The molecule has 0 bridgehead atoms. The number of esters is 1. The topological polar surface area (TPSA) is 26.3 Å². The van der Waals surface area contributed by atoms with E-state index in [-0.39, 0.29) is 11.6 Å². The van der Waals surface area contributed by atoms with Crippen molar-refractivity contribution in [2.75, 3.05) is 0 Å². The van der Waals surface area contributed by atoms with E-state index in [2.05, 4.69) is 13.5 Å². The summed E-state index contributed by atoms with van der Waals surface area (Å²) in [6, 6.07) is 0. The quantitative estimate of drug-likeness (QED) is 0.334. The molecule has 0 aromatic rings. The maximum atomic E-state index is 11.1. The standard InChI is InChI=1S/C14H26O2/c1-5-7-8-9-10-11-12-14(3,4)16-13(15)6-2/h6H,2,5,7-12H2,1,3-4H3. The van der Waals surface area contributed by atoms with Gasteiger partial charge in [-0.2, -0.15) is 0 Å². The van der Waals surface area contributed by atoms with Gasteiger partial charge in [-0.05, 0) is 26.7 Å². The summed E-state index contributed by atoms with van der Waals surface area (Å²) in [6.07, 6.45) is 9.73. The molecule has 2 heteroatoms. The van der Waals surface area contributed by atoms with Crippen LogP contribution in [0.3, 0.4) is 0 Å². The van der Waals surface area contributed by atoms with E-state index in [1.807, 2.05) is 13.8 Å². The fourth-order valence-corrected chi connectivity index (χ4v) is 1.70. The van der Waals surface area contributed by atoms with E-state index < -0.39 is 0 Å². The van der Waals surface area contributed by atoms with E-state index in [4.69, 9.17) is 4.74 Å². The van der Waals surface area contributed by atoms with Crippen LogP contribution in [-0.4, -0.2) is 11.6 Å². The minimum Gasteiger partial charge on any atom is -0.457 e. The summed E-state index contributed by atoms with van der Waals surface area (Å²) < 4.78 is 5.26. The van der Waals surface area contributed by atoms with Crippen molar-refractivity contribution in [3.05, 3.63) is 12.7 Å². The van der Waals surface area contributed by atoms with E-state index in [1.54, 1.807) is 0 Å². The third-order valence-corrected chi connectivity index (χ3v) is 2.68. The molecule has 0 aliphatic heterocycles. The second-order valence-electron chi connectivity index (χ2n) is 4.90. The predicted molar refractivity (Wildman–Crippen MR) is 68.4 cm³/mol. The molecule has 0 aliphatic rings. The molecule has 0 amide bonds. The molecule has 0 fully saturated rings. The van der Waals surface area contributed by atoms with Crippen molar-refractivity contribution in [2.45, 2.75) is 71.3 Å². The van der Waals surface area contributed by atoms with Crippen LogP contribution in [0.2, 0.25) is 0 Å². The molecule has 0 radical (unpaired) electrons. The van der Waals surface area contributed by atoms with Crippen LogP contribution in [0.15, 0.2) is 12.7 Å². The molecule has 2 nitrogen and oxygen atoms in total. The van der Waals surface area contributed by atoms with Gasteiger partial charge in [0, 0.05) is 6.08 Å². The van der Waals surface area contributed by atoms with E-state index in [0.717, 1.165) is 12.8 Å². The molecule has 0 N–H and O–H groups in total. The van der Waals surface area contributed by atoms with Crippen molar-refractivity contribution >= 4 is 5.97 Å². The van der Waals surface area contributed by atoms with Gasteiger partial charge in [-0.3, -0.25) is 0 Å². The Balaban J connectivity index is 3.57. The molecule has 0 aromatic heterocycles. The zero-order valence-electron chi connectivity index (χ0n) is 11.1. The average molecular weight is 226 g/mol. The van der Waals surface area contributed by atoms with E-state index in [9.17, 15) is 4.79 Å². The third-order valence-electron chi connectivity index (χ3n) is 2.68. The van der Waals surface area contributed by atoms with Gasteiger partial charge < -0.3 is 4.74 Å². The molecule has 94 valence electrons. The van der Waals surface area contributed by atoms with Crippen molar-refractivity contribution < 1.29 is 9.53 Å². The summed E-state index contributed by atoms with van der Waals surface area (Å²) in [4.78, 5) is 11.1. The maximum Gasteiger partial charge on any atom is 0.330 e. The van der Waals surface area contributed by atoms with Crippen molar-refractivity contribution in [3.63, 3.8) is 0 Å². The Kier molecular flexibility index (Phi) is 7.96. The van der Waals surface area contributed by atoms with Crippen LogP contribution in [0.25, 0.3) is 0 Å². The highest BCUT2D eigenvalue weighted by molar-refractivity contribution is 5.81. The fourth-order valence-electron chi connectivity index (χ4n) is 1.70. The Labute approximate surface area is 100 Å². The van der Waals surface area contributed by atoms with Gasteiger partial charge in [-0.25, -0.2) is 4.79 Å². The van der Waals surface area contributed by atoms with Gasteiger partial charge in [0.15, 0.2) is 0 Å². The molecule has 0 rings (SSSR count). The first-order valence-electron chi connectivity index (χ1n) is 6.37. The van der Waals surface area contributed by atoms with Gasteiger partial charge in [-0.15, -0.1) is 0 Å². The molecule has 0 aliphatic carbocycles. The summed E-state index contributed by atoms with van der Waals surface area (Å²) in [5.41, 5.74) is -0.351. The lowest BCUT2D eigenvalue weighted by atomic mass is 9.99.